The number of aryl methyl sites for hydroxylation is 1. The normalized spacial score (nSPS) is 23.6. The molecule has 0 aliphatic heterocycles. The maximum absolute atomic E-state index is 5.25. The Balaban J connectivity index is 1.81. The first-order valence-electron chi connectivity index (χ1n) is 5.73. The number of fused-ring (bicyclic) bond motifs is 1. The third-order valence-corrected chi connectivity index (χ3v) is 3.27. The van der Waals surface area contributed by atoms with Crippen LogP contribution in [0.5, 0.6) is 0 Å². The van der Waals surface area contributed by atoms with Gasteiger partial charge in [0.15, 0.2) is 5.82 Å². The van der Waals surface area contributed by atoms with Crippen molar-refractivity contribution in [3.63, 3.8) is 0 Å². The Kier molecular flexibility index (Phi) is 2.44. The summed E-state index contributed by atoms with van der Waals surface area (Å²) in [4.78, 5) is 4.32. The number of anilines is 1. The Hall–Kier alpha value is -1.69. The van der Waals surface area contributed by atoms with Gasteiger partial charge in [-0.25, -0.2) is 4.98 Å². The number of hydrogen-bond acceptors (Lipinski definition) is 5. The van der Waals surface area contributed by atoms with Gasteiger partial charge in [-0.2, -0.15) is 0 Å². The van der Waals surface area contributed by atoms with Gasteiger partial charge in [0.05, 0.1) is 6.10 Å². The van der Waals surface area contributed by atoms with Crippen LogP contribution in [0.1, 0.15) is 18.7 Å². The lowest BCUT2D eigenvalue weighted by Gasteiger charge is -2.34. The molecule has 1 fully saturated rings. The zero-order valence-corrected chi connectivity index (χ0v) is 9.92. The molecule has 2 aromatic rings. The molecule has 90 valence electrons. The molecule has 6 heteroatoms. The molecule has 0 saturated heterocycles. The van der Waals surface area contributed by atoms with E-state index in [1.54, 1.807) is 13.3 Å². The van der Waals surface area contributed by atoms with E-state index in [-0.39, 0.29) is 0 Å². The molecule has 0 atom stereocenters. The number of hydrogen-bond donors (Lipinski definition) is 1. The largest absolute Gasteiger partial charge is 0.381 e. The Morgan fingerprint density at radius 2 is 2.24 bits per heavy atom. The molecular weight excluding hydrogens is 218 g/mol. The summed E-state index contributed by atoms with van der Waals surface area (Å²) >= 11 is 0. The van der Waals surface area contributed by atoms with Crippen LogP contribution in [0.4, 0.5) is 5.82 Å². The second-order valence-electron chi connectivity index (χ2n) is 4.39. The van der Waals surface area contributed by atoms with Crippen molar-refractivity contribution in [2.24, 2.45) is 0 Å². The van der Waals surface area contributed by atoms with Crippen molar-refractivity contribution < 1.29 is 4.74 Å². The molecule has 3 rings (SSSR count). The lowest BCUT2D eigenvalue weighted by molar-refractivity contribution is 0.0328. The van der Waals surface area contributed by atoms with E-state index in [0.29, 0.717) is 12.1 Å². The average molecular weight is 233 g/mol. The van der Waals surface area contributed by atoms with Crippen LogP contribution < -0.4 is 5.32 Å². The van der Waals surface area contributed by atoms with Gasteiger partial charge in [-0.15, -0.1) is 10.2 Å². The van der Waals surface area contributed by atoms with Gasteiger partial charge >= 0.3 is 0 Å². The van der Waals surface area contributed by atoms with Crippen molar-refractivity contribution in [3.05, 3.63) is 18.2 Å². The zero-order chi connectivity index (χ0) is 11.8. The molecule has 1 aliphatic rings. The minimum Gasteiger partial charge on any atom is -0.381 e. The molecule has 6 nitrogen and oxygen atoms in total. The minimum atomic E-state index is 0.381. The van der Waals surface area contributed by atoms with Crippen LogP contribution in [0.25, 0.3) is 5.65 Å². The topological polar surface area (TPSA) is 64.3 Å². The Morgan fingerprint density at radius 3 is 3.00 bits per heavy atom. The van der Waals surface area contributed by atoms with Gasteiger partial charge < -0.3 is 10.1 Å². The summed E-state index contributed by atoms with van der Waals surface area (Å²) in [6, 6.07) is 0.427. The molecule has 0 unspecified atom stereocenters. The average Bonchev–Trinajstić information content (AvgIpc) is 2.66. The Morgan fingerprint density at radius 1 is 1.41 bits per heavy atom. The summed E-state index contributed by atoms with van der Waals surface area (Å²) in [5, 5.41) is 11.6. The Labute approximate surface area is 99.0 Å². The van der Waals surface area contributed by atoms with Crippen molar-refractivity contribution in [3.8, 4) is 0 Å². The summed E-state index contributed by atoms with van der Waals surface area (Å²) < 4.78 is 7.18. The monoisotopic (exact) mass is 233 g/mol. The van der Waals surface area contributed by atoms with Gasteiger partial charge in [-0.05, 0) is 19.8 Å². The number of rotatable bonds is 3. The van der Waals surface area contributed by atoms with Gasteiger partial charge in [0.1, 0.15) is 5.82 Å². The highest BCUT2D eigenvalue weighted by Gasteiger charge is 2.29. The molecule has 1 N–H and O–H groups in total. The summed E-state index contributed by atoms with van der Waals surface area (Å²) in [5.41, 5.74) is 0.783. The molecule has 0 bridgehead atoms. The van der Waals surface area contributed by atoms with Crippen LogP contribution in [-0.4, -0.2) is 38.8 Å². The molecule has 0 amide bonds. The highest BCUT2D eigenvalue weighted by atomic mass is 16.5. The number of methoxy groups -OCH3 is 1. The van der Waals surface area contributed by atoms with Crippen LogP contribution in [0, 0.1) is 6.92 Å². The SMILES string of the molecule is COC1CC(Nc2nccn3c(C)nnc23)C1. The van der Waals surface area contributed by atoms with Crippen molar-refractivity contribution in [1.29, 1.82) is 0 Å². The second-order valence-corrected chi connectivity index (χ2v) is 4.39. The lowest BCUT2D eigenvalue weighted by atomic mass is 9.89. The highest BCUT2D eigenvalue weighted by Crippen LogP contribution is 2.26. The molecule has 2 heterocycles. The summed E-state index contributed by atoms with van der Waals surface area (Å²) in [5.74, 6) is 1.67. The van der Waals surface area contributed by atoms with E-state index < -0.39 is 0 Å². The van der Waals surface area contributed by atoms with E-state index in [0.717, 1.165) is 30.1 Å². The molecule has 17 heavy (non-hydrogen) atoms. The highest BCUT2D eigenvalue weighted by molar-refractivity contribution is 5.62. The molecule has 0 radical (unpaired) electrons. The summed E-state index contributed by atoms with van der Waals surface area (Å²) in [6.07, 6.45) is 6.05. The van der Waals surface area contributed by atoms with E-state index in [2.05, 4.69) is 20.5 Å². The second kappa shape index (κ2) is 3.96. The van der Waals surface area contributed by atoms with Crippen molar-refractivity contribution in [2.45, 2.75) is 31.9 Å². The summed E-state index contributed by atoms with van der Waals surface area (Å²) in [7, 11) is 1.75. The number of nitrogens with one attached hydrogen (secondary N) is 1. The lowest BCUT2D eigenvalue weighted by Crippen LogP contribution is -2.40. The number of nitrogens with zero attached hydrogens (tertiary/aromatic N) is 4. The molecule has 2 aromatic heterocycles. The predicted octanol–water partition coefficient (Wildman–Crippen LogP) is 1.02. The molecule has 1 aliphatic carbocycles. The number of ether oxygens (including phenoxy) is 1. The quantitative estimate of drug-likeness (QED) is 0.857. The fourth-order valence-electron chi connectivity index (χ4n) is 2.11. The minimum absolute atomic E-state index is 0.381. The first kappa shape index (κ1) is 10.5. The van der Waals surface area contributed by atoms with Gasteiger partial charge in [0, 0.05) is 25.5 Å². The van der Waals surface area contributed by atoms with Crippen LogP contribution in [0.15, 0.2) is 12.4 Å². The van der Waals surface area contributed by atoms with E-state index >= 15 is 0 Å². The third-order valence-electron chi connectivity index (χ3n) is 3.27. The maximum atomic E-state index is 5.25. The fourth-order valence-corrected chi connectivity index (χ4v) is 2.11. The molecule has 1 saturated carbocycles. The number of aromatic nitrogens is 4. The molecular formula is C11H15N5O. The van der Waals surface area contributed by atoms with Crippen LogP contribution in [0.2, 0.25) is 0 Å². The first-order chi connectivity index (χ1) is 8.28. The van der Waals surface area contributed by atoms with Crippen molar-refractivity contribution >= 4 is 11.5 Å². The predicted molar refractivity (Wildman–Crippen MR) is 63.0 cm³/mol. The standard InChI is InChI=1S/C11H15N5O/c1-7-14-15-11-10(12-3-4-16(7)11)13-8-5-9(6-8)17-2/h3-4,8-9H,5-6H2,1-2H3,(H,12,13). The van der Waals surface area contributed by atoms with Gasteiger partial charge in [-0.3, -0.25) is 4.40 Å². The van der Waals surface area contributed by atoms with Crippen LogP contribution >= 0.6 is 0 Å². The fraction of sp³-hybridized carbons (Fsp3) is 0.545. The third kappa shape index (κ3) is 1.74. The van der Waals surface area contributed by atoms with Gasteiger partial charge in [-0.1, -0.05) is 0 Å². The molecule has 0 spiro atoms. The van der Waals surface area contributed by atoms with E-state index in [1.165, 1.54) is 0 Å². The van der Waals surface area contributed by atoms with Gasteiger partial charge in [0.25, 0.3) is 0 Å². The van der Waals surface area contributed by atoms with Crippen molar-refractivity contribution in [2.75, 3.05) is 12.4 Å². The smallest absolute Gasteiger partial charge is 0.203 e. The zero-order valence-electron chi connectivity index (χ0n) is 9.92. The van der Waals surface area contributed by atoms with Gasteiger partial charge in [0.2, 0.25) is 5.65 Å². The van der Waals surface area contributed by atoms with E-state index in [1.807, 2.05) is 17.5 Å². The van der Waals surface area contributed by atoms with Crippen molar-refractivity contribution in [1.82, 2.24) is 19.6 Å². The first-order valence-corrected chi connectivity index (χ1v) is 5.73. The summed E-state index contributed by atoms with van der Waals surface area (Å²) in [6.45, 7) is 1.92. The Bertz CT molecular complexity index is 532. The van der Waals surface area contributed by atoms with E-state index in [4.69, 9.17) is 4.74 Å². The maximum Gasteiger partial charge on any atom is 0.203 e. The molecule has 0 aromatic carbocycles. The van der Waals surface area contributed by atoms with Crippen LogP contribution in [-0.2, 0) is 4.74 Å². The van der Waals surface area contributed by atoms with E-state index in [9.17, 15) is 0 Å². The van der Waals surface area contributed by atoms with Crippen LogP contribution in [0.3, 0.4) is 0 Å².